The van der Waals surface area contributed by atoms with Crippen LogP contribution < -0.4 is 5.73 Å². The van der Waals surface area contributed by atoms with Crippen LogP contribution in [-0.4, -0.2) is 43.2 Å². The summed E-state index contributed by atoms with van der Waals surface area (Å²) < 4.78 is 4.72. The molecule has 0 bridgehead atoms. The van der Waals surface area contributed by atoms with Crippen LogP contribution in [0.2, 0.25) is 0 Å². The molecule has 0 saturated heterocycles. The topological polar surface area (TPSA) is 55.6 Å². The molecule has 0 unspecified atom stereocenters. The molecule has 4 heteroatoms. The first-order valence-corrected chi connectivity index (χ1v) is 5.75. The number of nitrogens with two attached hydrogens (primary N) is 1. The van der Waals surface area contributed by atoms with Crippen LogP contribution in [0.15, 0.2) is 0 Å². The Morgan fingerprint density at radius 1 is 1.47 bits per heavy atom. The number of carbonyl (C=O) groups excluding carboxylic acids is 1. The van der Waals surface area contributed by atoms with Crippen molar-refractivity contribution in [3.8, 4) is 0 Å². The average Bonchev–Trinajstić information content (AvgIpc) is 2.95. The Morgan fingerprint density at radius 2 is 2.13 bits per heavy atom. The van der Waals surface area contributed by atoms with Crippen molar-refractivity contribution in [1.29, 1.82) is 0 Å². The van der Waals surface area contributed by atoms with Gasteiger partial charge in [0.2, 0.25) is 0 Å². The highest BCUT2D eigenvalue weighted by Gasteiger charge is 2.35. The van der Waals surface area contributed by atoms with Gasteiger partial charge in [-0.25, -0.2) is 0 Å². The monoisotopic (exact) mass is 212 g/mol. The lowest BCUT2D eigenvalue weighted by atomic mass is 9.86. The molecule has 4 nitrogen and oxygen atoms in total. The smallest absolute Gasteiger partial charge is 0.319 e. The average molecular weight is 212 g/mol. The van der Waals surface area contributed by atoms with Crippen molar-refractivity contribution < 1.29 is 9.53 Å². The summed E-state index contributed by atoms with van der Waals surface area (Å²) in [6.45, 7) is 1.48. The quantitative estimate of drug-likeness (QED) is 0.669. The molecule has 2 fully saturated rings. The third-order valence-corrected chi connectivity index (χ3v) is 3.42. The van der Waals surface area contributed by atoms with Crippen LogP contribution in [0.1, 0.15) is 25.7 Å². The fraction of sp³-hybridized carbons (Fsp3) is 0.909. The minimum absolute atomic E-state index is 0.129. The lowest BCUT2D eigenvalue weighted by Gasteiger charge is -2.41. The van der Waals surface area contributed by atoms with Gasteiger partial charge in [-0.1, -0.05) is 0 Å². The Hall–Kier alpha value is -0.610. The lowest BCUT2D eigenvalue weighted by Crippen LogP contribution is -2.52. The summed E-state index contributed by atoms with van der Waals surface area (Å²) in [5.41, 5.74) is 5.77. The van der Waals surface area contributed by atoms with Gasteiger partial charge < -0.3 is 10.5 Å². The van der Waals surface area contributed by atoms with Crippen LogP contribution in [0.4, 0.5) is 0 Å². The molecule has 2 aliphatic rings. The van der Waals surface area contributed by atoms with Crippen LogP contribution in [0, 0.1) is 5.92 Å². The molecule has 0 amide bonds. The molecular formula is C11H20N2O2. The Kier molecular flexibility index (Phi) is 3.26. The highest BCUT2D eigenvalue weighted by molar-refractivity contribution is 5.71. The predicted molar refractivity (Wildman–Crippen MR) is 57.3 cm³/mol. The van der Waals surface area contributed by atoms with Crippen LogP contribution >= 0.6 is 0 Å². The molecule has 0 atom stereocenters. The van der Waals surface area contributed by atoms with E-state index in [2.05, 4.69) is 4.90 Å². The van der Waals surface area contributed by atoms with Crippen molar-refractivity contribution in [2.75, 3.05) is 20.2 Å². The van der Waals surface area contributed by atoms with E-state index in [1.54, 1.807) is 0 Å². The zero-order chi connectivity index (χ0) is 10.8. The van der Waals surface area contributed by atoms with Gasteiger partial charge in [-0.2, -0.15) is 0 Å². The fourth-order valence-corrected chi connectivity index (χ4v) is 2.13. The first kappa shape index (κ1) is 10.9. The number of hydrogen-bond acceptors (Lipinski definition) is 4. The minimum atomic E-state index is -0.129. The normalized spacial score (nSPS) is 30.1. The van der Waals surface area contributed by atoms with E-state index in [0.717, 1.165) is 25.3 Å². The number of hydrogen-bond donors (Lipinski definition) is 1. The molecule has 0 spiro atoms. The molecule has 2 aliphatic carbocycles. The lowest BCUT2D eigenvalue weighted by molar-refractivity contribution is -0.143. The standard InChI is InChI=1S/C11H20N2O2/c1-15-11(14)7-13(6-8-2-3-8)10-4-9(12)5-10/h8-10H,2-7,12H2,1H3. The number of ether oxygens (including phenoxy) is 1. The molecule has 0 aromatic rings. The second-order valence-corrected chi connectivity index (χ2v) is 4.83. The summed E-state index contributed by atoms with van der Waals surface area (Å²) in [6, 6.07) is 0.856. The Morgan fingerprint density at radius 3 is 2.60 bits per heavy atom. The van der Waals surface area contributed by atoms with Gasteiger partial charge in [-0.3, -0.25) is 9.69 Å². The van der Waals surface area contributed by atoms with Crippen molar-refractivity contribution >= 4 is 5.97 Å². The van der Waals surface area contributed by atoms with E-state index < -0.39 is 0 Å². The van der Waals surface area contributed by atoms with E-state index in [0.29, 0.717) is 18.6 Å². The van der Waals surface area contributed by atoms with Crippen molar-refractivity contribution in [2.24, 2.45) is 11.7 Å². The molecule has 0 radical (unpaired) electrons. The second kappa shape index (κ2) is 4.49. The van der Waals surface area contributed by atoms with E-state index in [1.165, 1.54) is 20.0 Å². The zero-order valence-corrected chi connectivity index (χ0v) is 9.32. The van der Waals surface area contributed by atoms with E-state index in [-0.39, 0.29) is 5.97 Å². The van der Waals surface area contributed by atoms with Crippen LogP contribution in [-0.2, 0) is 9.53 Å². The maximum atomic E-state index is 11.3. The van der Waals surface area contributed by atoms with Crippen molar-refractivity contribution in [3.05, 3.63) is 0 Å². The van der Waals surface area contributed by atoms with E-state index in [4.69, 9.17) is 10.5 Å². The molecule has 2 N–H and O–H groups in total. The fourth-order valence-electron chi connectivity index (χ4n) is 2.13. The molecule has 2 saturated carbocycles. The number of rotatable bonds is 5. The van der Waals surface area contributed by atoms with Gasteiger partial charge >= 0.3 is 5.97 Å². The summed E-state index contributed by atoms with van der Waals surface area (Å²) >= 11 is 0. The molecule has 15 heavy (non-hydrogen) atoms. The first-order chi connectivity index (χ1) is 7.19. The molecule has 0 aromatic heterocycles. The highest BCUT2D eigenvalue weighted by Crippen LogP contribution is 2.33. The summed E-state index contributed by atoms with van der Waals surface area (Å²) in [6.07, 6.45) is 4.69. The van der Waals surface area contributed by atoms with Crippen LogP contribution in [0.3, 0.4) is 0 Å². The molecule has 86 valence electrons. The van der Waals surface area contributed by atoms with Gasteiger partial charge in [0.15, 0.2) is 0 Å². The summed E-state index contributed by atoms with van der Waals surface area (Å²) in [5, 5.41) is 0. The Bertz CT molecular complexity index is 235. The zero-order valence-electron chi connectivity index (χ0n) is 9.32. The minimum Gasteiger partial charge on any atom is -0.468 e. The molecule has 0 aliphatic heterocycles. The predicted octanol–water partition coefficient (Wildman–Crippen LogP) is 0.361. The largest absolute Gasteiger partial charge is 0.468 e. The van der Waals surface area contributed by atoms with Gasteiger partial charge in [0.1, 0.15) is 0 Å². The van der Waals surface area contributed by atoms with Crippen LogP contribution in [0.25, 0.3) is 0 Å². The Labute approximate surface area is 90.8 Å². The van der Waals surface area contributed by atoms with Gasteiger partial charge in [0.25, 0.3) is 0 Å². The van der Waals surface area contributed by atoms with Crippen LogP contribution in [0.5, 0.6) is 0 Å². The first-order valence-electron chi connectivity index (χ1n) is 5.75. The SMILES string of the molecule is COC(=O)CN(CC1CC1)C1CC(N)C1. The maximum Gasteiger partial charge on any atom is 0.319 e. The van der Waals surface area contributed by atoms with Crippen molar-refractivity contribution in [1.82, 2.24) is 4.90 Å². The van der Waals surface area contributed by atoms with E-state index >= 15 is 0 Å². The van der Waals surface area contributed by atoms with E-state index in [9.17, 15) is 4.79 Å². The Balaban J connectivity index is 1.81. The van der Waals surface area contributed by atoms with Gasteiger partial charge in [-0.05, 0) is 31.6 Å². The summed E-state index contributed by atoms with van der Waals surface area (Å²) in [7, 11) is 1.45. The molecular weight excluding hydrogens is 192 g/mol. The van der Waals surface area contributed by atoms with Gasteiger partial charge in [-0.15, -0.1) is 0 Å². The van der Waals surface area contributed by atoms with Gasteiger partial charge in [0.05, 0.1) is 13.7 Å². The number of methoxy groups -OCH3 is 1. The van der Waals surface area contributed by atoms with Gasteiger partial charge in [0, 0.05) is 18.6 Å². The molecule has 0 heterocycles. The third kappa shape index (κ3) is 2.92. The summed E-state index contributed by atoms with van der Waals surface area (Å²) in [5.74, 6) is 0.683. The van der Waals surface area contributed by atoms with E-state index in [1.807, 2.05) is 0 Å². The highest BCUT2D eigenvalue weighted by atomic mass is 16.5. The number of carbonyl (C=O) groups is 1. The number of esters is 1. The number of nitrogens with zero attached hydrogens (tertiary/aromatic N) is 1. The van der Waals surface area contributed by atoms with Crippen molar-refractivity contribution in [3.63, 3.8) is 0 Å². The molecule has 2 rings (SSSR count). The second-order valence-electron chi connectivity index (χ2n) is 4.83. The molecule has 0 aromatic carbocycles. The third-order valence-electron chi connectivity index (χ3n) is 3.42. The maximum absolute atomic E-state index is 11.3. The van der Waals surface area contributed by atoms with Crippen molar-refractivity contribution in [2.45, 2.75) is 37.8 Å². The summed E-state index contributed by atoms with van der Waals surface area (Å²) in [4.78, 5) is 13.5.